The molecule has 0 saturated heterocycles. The predicted octanol–water partition coefficient (Wildman–Crippen LogP) is 5.02. The van der Waals surface area contributed by atoms with E-state index in [-0.39, 0.29) is 4.90 Å². The van der Waals surface area contributed by atoms with Crippen LogP contribution in [0.15, 0.2) is 64.0 Å². The average Bonchev–Trinajstić information content (AvgIpc) is 2.51. The fraction of sp³-hybridized carbons (Fsp3) is 0.111. The minimum atomic E-state index is -3.67. The van der Waals surface area contributed by atoms with Gasteiger partial charge in [0.25, 0.3) is 10.0 Å². The van der Waals surface area contributed by atoms with Gasteiger partial charge in [-0.25, -0.2) is 8.42 Å². The molecule has 0 saturated carbocycles. The van der Waals surface area contributed by atoms with Crippen LogP contribution in [-0.4, -0.2) is 8.42 Å². The van der Waals surface area contributed by atoms with Gasteiger partial charge in [-0.15, -0.1) is 0 Å². The molecule has 0 bridgehead atoms. The largest absolute Gasteiger partial charge is 0.279 e. The van der Waals surface area contributed by atoms with E-state index in [2.05, 4.69) is 20.7 Å². The van der Waals surface area contributed by atoms with Crippen molar-refractivity contribution in [3.05, 3.63) is 70.2 Å². The molecule has 5 heteroatoms. The lowest BCUT2D eigenvalue weighted by Crippen LogP contribution is -2.14. The first kappa shape index (κ1) is 16.0. The molecule has 0 unspecified atom stereocenters. The average molecular weight is 390 g/mol. The van der Waals surface area contributed by atoms with Gasteiger partial charge in [-0.05, 0) is 48.6 Å². The Balaban J connectivity index is 2.14. The third-order valence-electron chi connectivity index (χ3n) is 3.76. The lowest BCUT2D eigenvalue weighted by Gasteiger charge is -2.13. The number of hydrogen-bond donors (Lipinski definition) is 1. The molecule has 0 aliphatic carbocycles. The smallest absolute Gasteiger partial charge is 0.262 e. The second-order valence-electron chi connectivity index (χ2n) is 5.51. The summed E-state index contributed by atoms with van der Waals surface area (Å²) in [6.07, 6.45) is 0. The first-order valence-corrected chi connectivity index (χ1v) is 9.43. The molecule has 0 radical (unpaired) electrons. The van der Waals surface area contributed by atoms with Crippen molar-refractivity contribution in [1.82, 2.24) is 0 Å². The van der Waals surface area contributed by atoms with Crippen molar-refractivity contribution in [2.75, 3.05) is 4.72 Å². The quantitative estimate of drug-likeness (QED) is 0.683. The molecule has 0 heterocycles. The summed E-state index contributed by atoms with van der Waals surface area (Å²) in [4.78, 5) is 0.275. The number of fused-ring (bicyclic) bond motifs is 1. The number of benzene rings is 3. The van der Waals surface area contributed by atoms with Crippen LogP contribution in [0, 0.1) is 13.8 Å². The van der Waals surface area contributed by atoms with Gasteiger partial charge >= 0.3 is 0 Å². The van der Waals surface area contributed by atoms with Gasteiger partial charge in [0, 0.05) is 9.86 Å². The van der Waals surface area contributed by atoms with Gasteiger partial charge in [-0.3, -0.25) is 4.72 Å². The molecule has 3 nitrogen and oxygen atoms in total. The van der Waals surface area contributed by atoms with Gasteiger partial charge in [0.15, 0.2) is 0 Å². The monoisotopic (exact) mass is 389 g/mol. The SMILES string of the molecule is Cc1ccc(C)c(NS(=O)(=O)c2ccc(Br)c3ccccc23)c1. The minimum Gasteiger partial charge on any atom is -0.279 e. The van der Waals surface area contributed by atoms with E-state index in [4.69, 9.17) is 0 Å². The van der Waals surface area contributed by atoms with Crippen LogP contribution < -0.4 is 4.72 Å². The zero-order chi connectivity index (χ0) is 16.6. The zero-order valence-electron chi connectivity index (χ0n) is 12.8. The molecule has 3 aromatic carbocycles. The second-order valence-corrected chi connectivity index (χ2v) is 8.02. The summed E-state index contributed by atoms with van der Waals surface area (Å²) in [5, 5.41) is 1.57. The fourth-order valence-corrected chi connectivity index (χ4v) is 4.33. The van der Waals surface area contributed by atoms with Crippen LogP contribution in [0.4, 0.5) is 5.69 Å². The van der Waals surface area contributed by atoms with Crippen molar-refractivity contribution in [3.63, 3.8) is 0 Å². The van der Waals surface area contributed by atoms with Crippen LogP contribution in [0.25, 0.3) is 10.8 Å². The maximum Gasteiger partial charge on any atom is 0.262 e. The molecule has 0 spiro atoms. The molecule has 0 aromatic heterocycles. The van der Waals surface area contributed by atoms with Crippen LogP contribution >= 0.6 is 15.9 Å². The molecule has 3 rings (SSSR count). The zero-order valence-corrected chi connectivity index (χ0v) is 15.2. The van der Waals surface area contributed by atoms with Gasteiger partial charge in [-0.1, -0.05) is 52.3 Å². The van der Waals surface area contributed by atoms with E-state index >= 15 is 0 Å². The van der Waals surface area contributed by atoms with Gasteiger partial charge in [0.05, 0.1) is 10.6 Å². The first-order valence-electron chi connectivity index (χ1n) is 7.16. The van der Waals surface area contributed by atoms with Crippen LogP contribution in [0.3, 0.4) is 0 Å². The molecule has 118 valence electrons. The van der Waals surface area contributed by atoms with Crippen molar-refractivity contribution in [1.29, 1.82) is 0 Å². The highest BCUT2D eigenvalue weighted by Crippen LogP contribution is 2.31. The van der Waals surface area contributed by atoms with Crippen LogP contribution in [0.1, 0.15) is 11.1 Å². The van der Waals surface area contributed by atoms with E-state index in [0.717, 1.165) is 21.0 Å². The van der Waals surface area contributed by atoms with E-state index in [1.54, 1.807) is 12.1 Å². The topological polar surface area (TPSA) is 46.2 Å². The number of anilines is 1. The van der Waals surface area contributed by atoms with Gasteiger partial charge in [0.1, 0.15) is 0 Å². The maximum absolute atomic E-state index is 12.9. The van der Waals surface area contributed by atoms with E-state index in [1.165, 1.54) is 0 Å². The summed E-state index contributed by atoms with van der Waals surface area (Å²) >= 11 is 3.47. The van der Waals surface area contributed by atoms with Crippen molar-refractivity contribution in [3.8, 4) is 0 Å². The highest BCUT2D eigenvalue weighted by molar-refractivity contribution is 9.10. The Labute approximate surface area is 144 Å². The third kappa shape index (κ3) is 3.12. The summed E-state index contributed by atoms with van der Waals surface area (Å²) in [5.74, 6) is 0. The molecule has 0 amide bonds. The molecule has 23 heavy (non-hydrogen) atoms. The van der Waals surface area contributed by atoms with Crippen molar-refractivity contribution in [2.24, 2.45) is 0 Å². The molecular weight excluding hydrogens is 374 g/mol. The van der Waals surface area contributed by atoms with Gasteiger partial charge < -0.3 is 0 Å². The number of aryl methyl sites for hydroxylation is 2. The van der Waals surface area contributed by atoms with E-state index in [0.29, 0.717) is 11.1 Å². The highest BCUT2D eigenvalue weighted by Gasteiger charge is 2.19. The minimum absolute atomic E-state index is 0.275. The number of halogens is 1. The fourth-order valence-electron chi connectivity index (χ4n) is 2.51. The molecule has 0 atom stereocenters. The summed E-state index contributed by atoms with van der Waals surface area (Å²) in [6, 6.07) is 16.5. The molecule has 0 fully saturated rings. The molecule has 1 N–H and O–H groups in total. The Hall–Kier alpha value is -1.85. The third-order valence-corrected chi connectivity index (χ3v) is 5.87. The van der Waals surface area contributed by atoms with Crippen molar-refractivity contribution in [2.45, 2.75) is 18.7 Å². The highest BCUT2D eigenvalue weighted by atomic mass is 79.9. The molecular formula is C18H16BrNO2S. The Kier molecular flexibility index (Phi) is 4.17. The second kappa shape index (κ2) is 5.98. The molecule has 0 aliphatic heterocycles. The number of sulfonamides is 1. The van der Waals surface area contributed by atoms with Crippen molar-refractivity contribution < 1.29 is 8.42 Å². The first-order chi connectivity index (χ1) is 10.9. The van der Waals surface area contributed by atoms with Gasteiger partial charge in [0.2, 0.25) is 0 Å². The van der Waals surface area contributed by atoms with Crippen molar-refractivity contribution >= 4 is 42.4 Å². The Morgan fingerprint density at radius 1 is 0.913 bits per heavy atom. The summed E-state index contributed by atoms with van der Waals surface area (Å²) in [5.41, 5.74) is 2.51. The number of hydrogen-bond acceptors (Lipinski definition) is 2. The van der Waals surface area contributed by atoms with E-state index < -0.39 is 10.0 Å². The lowest BCUT2D eigenvalue weighted by molar-refractivity contribution is 0.602. The lowest BCUT2D eigenvalue weighted by atomic mass is 10.1. The van der Waals surface area contributed by atoms with E-state index in [9.17, 15) is 8.42 Å². The standard InChI is InChI=1S/C18H16BrNO2S/c1-12-7-8-13(2)17(11-12)20-23(21,22)18-10-9-16(19)14-5-3-4-6-15(14)18/h3-11,20H,1-2H3. The summed E-state index contributed by atoms with van der Waals surface area (Å²) in [6.45, 7) is 3.82. The van der Waals surface area contributed by atoms with Crippen LogP contribution in [0.2, 0.25) is 0 Å². The van der Waals surface area contributed by atoms with Crippen LogP contribution in [-0.2, 0) is 10.0 Å². The Morgan fingerprint density at radius 3 is 2.35 bits per heavy atom. The Bertz CT molecular complexity index is 997. The predicted molar refractivity (Wildman–Crippen MR) is 98.4 cm³/mol. The van der Waals surface area contributed by atoms with Gasteiger partial charge in [-0.2, -0.15) is 0 Å². The summed E-state index contributed by atoms with van der Waals surface area (Å²) in [7, 11) is -3.67. The van der Waals surface area contributed by atoms with E-state index in [1.807, 2.05) is 56.3 Å². The van der Waals surface area contributed by atoms with Crippen LogP contribution in [0.5, 0.6) is 0 Å². The molecule has 3 aromatic rings. The molecule has 0 aliphatic rings. The summed E-state index contributed by atoms with van der Waals surface area (Å²) < 4.78 is 29.3. The number of nitrogens with one attached hydrogen (secondary N) is 1. The maximum atomic E-state index is 12.9. The Morgan fingerprint density at radius 2 is 1.61 bits per heavy atom. The number of rotatable bonds is 3. The normalized spacial score (nSPS) is 11.6.